The van der Waals surface area contributed by atoms with Crippen LogP contribution in [-0.2, 0) is 17.9 Å². The third-order valence-electron chi connectivity index (χ3n) is 4.80. The molecule has 1 aromatic heterocycles. The van der Waals surface area contributed by atoms with Gasteiger partial charge in [0.1, 0.15) is 5.82 Å². The maximum absolute atomic E-state index is 13.1. The third kappa shape index (κ3) is 6.94. The van der Waals surface area contributed by atoms with Crippen LogP contribution in [0.3, 0.4) is 0 Å². The minimum absolute atomic E-state index is 0.216. The van der Waals surface area contributed by atoms with Gasteiger partial charge in [-0.3, -0.25) is 9.69 Å². The molecule has 1 heterocycles. The van der Waals surface area contributed by atoms with E-state index in [9.17, 15) is 9.18 Å². The average Bonchev–Trinajstić information content (AvgIpc) is 3.00. The van der Waals surface area contributed by atoms with Gasteiger partial charge in [-0.1, -0.05) is 46.8 Å². The first-order chi connectivity index (χ1) is 12.6. The summed E-state index contributed by atoms with van der Waals surface area (Å²) >= 11 is 0. The highest BCUT2D eigenvalue weighted by Crippen LogP contribution is 2.18. The first kappa shape index (κ1) is 21.4. The molecule has 0 saturated heterocycles. The lowest BCUT2D eigenvalue weighted by Crippen LogP contribution is -2.37. The predicted octanol–water partition coefficient (Wildman–Crippen LogP) is 5.14. The number of hydrogen-bond acceptors (Lipinski definition) is 2. The summed E-state index contributed by atoms with van der Waals surface area (Å²) in [5.41, 5.74) is 1.91. The van der Waals surface area contributed by atoms with Crippen LogP contribution in [0.5, 0.6) is 0 Å². The molecule has 2 rings (SSSR count). The lowest BCUT2D eigenvalue weighted by Gasteiger charge is -2.27. The molecule has 0 bridgehead atoms. The molecule has 0 atom stereocenters. The predicted molar refractivity (Wildman–Crippen MR) is 109 cm³/mol. The average molecular weight is 373 g/mol. The Morgan fingerprint density at radius 3 is 2.41 bits per heavy atom. The van der Waals surface area contributed by atoms with Crippen molar-refractivity contribution in [1.82, 2.24) is 9.47 Å². The molecule has 0 saturated carbocycles. The van der Waals surface area contributed by atoms with Gasteiger partial charge in [-0.05, 0) is 48.7 Å². The van der Waals surface area contributed by atoms with Crippen LogP contribution in [0.25, 0.3) is 0 Å². The second kappa shape index (κ2) is 9.32. The standard InChI is InChI=1S/C23H33FN2O/c1-18(2)12-14-25(17-22(27)23(3,4)5)16-21-7-6-13-26(21)15-19-8-10-20(24)11-9-19/h6-11,13,18H,12,14-17H2,1-5H3. The van der Waals surface area contributed by atoms with E-state index < -0.39 is 0 Å². The summed E-state index contributed by atoms with van der Waals surface area (Å²) in [7, 11) is 0. The van der Waals surface area contributed by atoms with E-state index in [4.69, 9.17) is 0 Å². The molecule has 0 aliphatic rings. The minimum Gasteiger partial charge on any atom is -0.346 e. The fraction of sp³-hybridized carbons (Fsp3) is 0.522. The maximum atomic E-state index is 13.1. The topological polar surface area (TPSA) is 25.2 Å². The second-order valence-corrected chi connectivity index (χ2v) is 8.82. The Balaban J connectivity index is 2.10. The summed E-state index contributed by atoms with van der Waals surface area (Å²) < 4.78 is 15.3. The van der Waals surface area contributed by atoms with Crippen molar-refractivity contribution in [2.45, 2.75) is 54.1 Å². The van der Waals surface area contributed by atoms with Crippen molar-refractivity contribution in [3.8, 4) is 0 Å². The van der Waals surface area contributed by atoms with Gasteiger partial charge in [-0.2, -0.15) is 0 Å². The number of nitrogens with zero attached hydrogens (tertiary/aromatic N) is 2. The fourth-order valence-corrected chi connectivity index (χ4v) is 2.86. The summed E-state index contributed by atoms with van der Waals surface area (Å²) in [5.74, 6) is 0.651. The van der Waals surface area contributed by atoms with Crippen LogP contribution in [0.15, 0.2) is 42.6 Å². The SMILES string of the molecule is CC(C)CCN(CC(=O)C(C)(C)C)Cc1cccn1Cc1ccc(F)cc1. The summed E-state index contributed by atoms with van der Waals surface area (Å²) in [4.78, 5) is 14.8. The van der Waals surface area contributed by atoms with Crippen LogP contribution < -0.4 is 0 Å². The Hall–Kier alpha value is -1.94. The normalized spacial score (nSPS) is 12.1. The van der Waals surface area contributed by atoms with Crippen LogP contribution >= 0.6 is 0 Å². The van der Waals surface area contributed by atoms with Gasteiger partial charge in [-0.25, -0.2) is 4.39 Å². The summed E-state index contributed by atoms with van der Waals surface area (Å²) in [6.07, 6.45) is 3.11. The van der Waals surface area contributed by atoms with Crippen LogP contribution in [-0.4, -0.2) is 28.3 Å². The third-order valence-corrected chi connectivity index (χ3v) is 4.80. The van der Waals surface area contributed by atoms with Crippen molar-refractivity contribution >= 4 is 5.78 Å². The molecular weight excluding hydrogens is 339 g/mol. The van der Waals surface area contributed by atoms with E-state index in [1.54, 1.807) is 0 Å². The second-order valence-electron chi connectivity index (χ2n) is 8.82. The van der Waals surface area contributed by atoms with Crippen molar-refractivity contribution in [2.75, 3.05) is 13.1 Å². The van der Waals surface area contributed by atoms with Crippen molar-refractivity contribution in [2.24, 2.45) is 11.3 Å². The molecule has 27 heavy (non-hydrogen) atoms. The van der Waals surface area contributed by atoms with Crippen molar-refractivity contribution in [3.05, 3.63) is 59.7 Å². The molecule has 3 nitrogen and oxygen atoms in total. The Morgan fingerprint density at radius 2 is 1.81 bits per heavy atom. The summed E-state index contributed by atoms with van der Waals surface area (Å²) in [5, 5.41) is 0. The van der Waals surface area contributed by atoms with Gasteiger partial charge in [0, 0.05) is 30.4 Å². The van der Waals surface area contributed by atoms with Crippen LogP contribution in [0.2, 0.25) is 0 Å². The molecule has 0 fully saturated rings. The van der Waals surface area contributed by atoms with E-state index in [2.05, 4.69) is 29.4 Å². The first-order valence-corrected chi connectivity index (χ1v) is 9.79. The van der Waals surface area contributed by atoms with Gasteiger partial charge in [0.2, 0.25) is 0 Å². The number of carbonyl (C=O) groups is 1. The highest BCUT2D eigenvalue weighted by atomic mass is 19.1. The molecule has 0 aliphatic carbocycles. The number of aromatic nitrogens is 1. The van der Waals surface area contributed by atoms with Crippen molar-refractivity contribution in [1.29, 1.82) is 0 Å². The Labute approximate surface area is 163 Å². The number of hydrogen-bond donors (Lipinski definition) is 0. The molecule has 0 radical (unpaired) electrons. The Kier molecular flexibility index (Phi) is 7.37. The molecular formula is C23H33FN2O. The maximum Gasteiger partial charge on any atom is 0.152 e. The van der Waals surface area contributed by atoms with E-state index >= 15 is 0 Å². The molecule has 0 N–H and O–H groups in total. The zero-order chi connectivity index (χ0) is 20.0. The Bertz CT molecular complexity index is 726. The summed E-state index contributed by atoms with van der Waals surface area (Å²) in [6.45, 7) is 13.2. The number of Topliss-reactive ketones (excluding diaryl/α,β-unsaturated/α-hetero) is 1. The van der Waals surface area contributed by atoms with Gasteiger partial charge in [0.25, 0.3) is 0 Å². The number of ketones is 1. The van der Waals surface area contributed by atoms with Crippen LogP contribution in [0.4, 0.5) is 4.39 Å². The monoisotopic (exact) mass is 372 g/mol. The van der Waals surface area contributed by atoms with Gasteiger partial charge in [0.15, 0.2) is 5.78 Å². The van der Waals surface area contributed by atoms with Gasteiger partial charge in [0.05, 0.1) is 6.54 Å². The van der Waals surface area contributed by atoms with Crippen LogP contribution in [0, 0.1) is 17.2 Å². The Morgan fingerprint density at radius 1 is 1.15 bits per heavy atom. The summed E-state index contributed by atoms with van der Waals surface area (Å²) in [6, 6.07) is 10.8. The molecule has 2 aromatic rings. The highest BCUT2D eigenvalue weighted by molar-refractivity contribution is 5.85. The van der Waals surface area contributed by atoms with E-state index in [1.807, 2.05) is 45.2 Å². The number of halogens is 1. The lowest BCUT2D eigenvalue weighted by atomic mass is 9.90. The molecule has 4 heteroatoms. The van der Waals surface area contributed by atoms with E-state index in [-0.39, 0.29) is 17.0 Å². The first-order valence-electron chi connectivity index (χ1n) is 9.79. The van der Waals surface area contributed by atoms with Crippen molar-refractivity contribution < 1.29 is 9.18 Å². The van der Waals surface area contributed by atoms with E-state index in [0.29, 0.717) is 19.0 Å². The number of carbonyl (C=O) groups excluding carboxylic acids is 1. The highest BCUT2D eigenvalue weighted by Gasteiger charge is 2.24. The smallest absolute Gasteiger partial charge is 0.152 e. The van der Waals surface area contributed by atoms with E-state index in [0.717, 1.165) is 25.1 Å². The number of benzene rings is 1. The fourth-order valence-electron chi connectivity index (χ4n) is 2.86. The zero-order valence-electron chi connectivity index (χ0n) is 17.3. The largest absolute Gasteiger partial charge is 0.346 e. The zero-order valence-corrected chi connectivity index (χ0v) is 17.3. The van der Waals surface area contributed by atoms with Gasteiger partial charge >= 0.3 is 0 Å². The van der Waals surface area contributed by atoms with Crippen LogP contribution in [0.1, 0.15) is 52.3 Å². The lowest BCUT2D eigenvalue weighted by molar-refractivity contribution is -0.127. The molecule has 0 amide bonds. The molecule has 148 valence electrons. The van der Waals surface area contributed by atoms with Crippen molar-refractivity contribution in [3.63, 3.8) is 0 Å². The minimum atomic E-state index is -0.327. The van der Waals surface area contributed by atoms with Gasteiger partial charge in [-0.15, -0.1) is 0 Å². The number of rotatable bonds is 9. The molecule has 1 aromatic carbocycles. The molecule has 0 spiro atoms. The van der Waals surface area contributed by atoms with E-state index in [1.165, 1.54) is 17.8 Å². The van der Waals surface area contributed by atoms with Gasteiger partial charge < -0.3 is 4.57 Å². The quantitative estimate of drug-likeness (QED) is 0.609. The molecule has 0 unspecified atom stereocenters. The molecule has 0 aliphatic heterocycles.